The number of carbonyl (C=O) groups is 1. The summed E-state index contributed by atoms with van der Waals surface area (Å²) in [6.07, 6.45) is 2.43. The Morgan fingerprint density at radius 2 is 2.26 bits per heavy atom. The van der Waals surface area contributed by atoms with Crippen LogP contribution in [0.25, 0.3) is 0 Å². The molecule has 1 heterocycles. The zero-order valence-corrected chi connectivity index (χ0v) is 16.2. The smallest absolute Gasteiger partial charge is 0.251 e. The number of likely N-dealkylation sites (tertiary alicyclic amines) is 1. The number of nitrogens with one attached hydrogen (secondary N) is 1. The van der Waals surface area contributed by atoms with E-state index in [9.17, 15) is 4.79 Å². The summed E-state index contributed by atoms with van der Waals surface area (Å²) in [6.45, 7) is 7.25. The summed E-state index contributed by atoms with van der Waals surface area (Å²) in [4.78, 5) is 18.5. The molecule has 0 bridgehead atoms. The number of hydrogen-bond donors (Lipinski definition) is 2. The van der Waals surface area contributed by atoms with Gasteiger partial charge in [0, 0.05) is 25.2 Å². The number of halogens is 1. The van der Waals surface area contributed by atoms with E-state index >= 15 is 0 Å². The van der Waals surface area contributed by atoms with Crippen LogP contribution in [0.1, 0.15) is 42.6 Å². The minimum Gasteiger partial charge on any atom is -0.370 e. The van der Waals surface area contributed by atoms with Gasteiger partial charge < -0.3 is 16.0 Å². The molecule has 0 aromatic heterocycles. The highest BCUT2D eigenvalue weighted by atomic mass is 127. The Morgan fingerprint density at radius 1 is 1.48 bits per heavy atom. The van der Waals surface area contributed by atoms with Gasteiger partial charge in [0.25, 0.3) is 5.91 Å². The van der Waals surface area contributed by atoms with E-state index in [1.165, 1.54) is 12.8 Å². The number of hydrogen-bond acceptors (Lipinski definition) is 2. The molecular formula is C17H27IN4O. The lowest BCUT2D eigenvalue weighted by atomic mass is 10.0. The number of nitrogens with two attached hydrogens (primary N) is 1. The quantitative estimate of drug-likeness (QED) is 0.438. The second kappa shape index (κ2) is 9.75. The number of piperidine rings is 1. The molecule has 6 heteroatoms. The first-order valence-corrected chi connectivity index (χ1v) is 8.02. The number of nitrogens with zero attached hydrogens (tertiary/aromatic N) is 2. The van der Waals surface area contributed by atoms with Crippen LogP contribution in [0.3, 0.4) is 0 Å². The van der Waals surface area contributed by atoms with Gasteiger partial charge in [-0.2, -0.15) is 0 Å². The average Bonchev–Trinajstić information content (AvgIpc) is 2.53. The molecule has 0 saturated carbocycles. The van der Waals surface area contributed by atoms with Crippen molar-refractivity contribution in [1.82, 2.24) is 10.2 Å². The molecular weight excluding hydrogens is 403 g/mol. The molecule has 0 radical (unpaired) electrons. The van der Waals surface area contributed by atoms with Crippen LogP contribution in [0.4, 0.5) is 0 Å². The Morgan fingerprint density at radius 3 is 2.96 bits per heavy atom. The van der Waals surface area contributed by atoms with Crippen molar-refractivity contribution in [3.8, 4) is 0 Å². The van der Waals surface area contributed by atoms with Gasteiger partial charge in [-0.05, 0) is 43.4 Å². The highest BCUT2D eigenvalue weighted by molar-refractivity contribution is 14.0. The lowest BCUT2D eigenvalue weighted by Gasteiger charge is -2.31. The Labute approximate surface area is 155 Å². The lowest BCUT2D eigenvalue weighted by molar-refractivity contribution is 0.0955. The molecule has 23 heavy (non-hydrogen) atoms. The molecule has 1 aliphatic heterocycles. The van der Waals surface area contributed by atoms with E-state index in [4.69, 9.17) is 5.73 Å². The van der Waals surface area contributed by atoms with Crippen molar-refractivity contribution in [3.05, 3.63) is 35.4 Å². The number of rotatable bonds is 4. The van der Waals surface area contributed by atoms with Crippen molar-refractivity contribution in [1.29, 1.82) is 0 Å². The molecule has 2 rings (SSSR count). The molecule has 1 aliphatic rings. The summed E-state index contributed by atoms with van der Waals surface area (Å²) in [5.41, 5.74) is 7.76. The maximum Gasteiger partial charge on any atom is 0.251 e. The molecule has 1 unspecified atom stereocenters. The second-order valence-electron chi connectivity index (χ2n) is 5.93. The fourth-order valence-corrected chi connectivity index (χ4v) is 2.74. The Balaban J connectivity index is 0.00000264. The van der Waals surface area contributed by atoms with E-state index < -0.39 is 0 Å². The largest absolute Gasteiger partial charge is 0.370 e. The molecule has 1 aromatic rings. The average molecular weight is 430 g/mol. The molecule has 1 saturated heterocycles. The molecule has 3 N–H and O–H groups in total. The minimum atomic E-state index is -0.0499. The molecule has 1 aromatic carbocycles. The van der Waals surface area contributed by atoms with E-state index in [-0.39, 0.29) is 29.9 Å². The van der Waals surface area contributed by atoms with Crippen LogP contribution in [0.5, 0.6) is 0 Å². The molecule has 1 fully saturated rings. The topological polar surface area (TPSA) is 70.7 Å². The van der Waals surface area contributed by atoms with Gasteiger partial charge in [0.05, 0.1) is 6.54 Å². The third-order valence-electron chi connectivity index (χ3n) is 3.93. The van der Waals surface area contributed by atoms with Gasteiger partial charge >= 0.3 is 0 Å². The van der Waals surface area contributed by atoms with Crippen LogP contribution >= 0.6 is 24.0 Å². The fraction of sp³-hybridized carbons (Fsp3) is 0.529. The van der Waals surface area contributed by atoms with Gasteiger partial charge in [-0.15, -0.1) is 24.0 Å². The fourth-order valence-electron chi connectivity index (χ4n) is 2.74. The van der Waals surface area contributed by atoms with Gasteiger partial charge in [0.1, 0.15) is 0 Å². The second-order valence-corrected chi connectivity index (χ2v) is 5.93. The molecule has 0 aliphatic carbocycles. The summed E-state index contributed by atoms with van der Waals surface area (Å²) in [5.74, 6) is 1.23. The minimum absolute atomic E-state index is 0. The first kappa shape index (κ1) is 19.7. The van der Waals surface area contributed by atoms with Crippen molar-refractivity contribution < 1.29 is 4.79 Å². The molecule has 5 nitrogen and oxygen atoms in total. The maximum absolute atomic E-state index is 11.8. The normalized spacial score (nSPS) is 18.3. The van der Waals surface area contributed by atoms with Gasteiger partial charge in [0.2, 0.25) is 0 Å². The number of aliphatic imine (C=N–C) groups is 1. The number of amides is 1. The van der Waals surface area contributed by atoms with Gasteiger partial charge in [-0.3, -0.25) is 4.79 Å². The molecule has 1 atom stereocenters. The monoisotopic (exact) mass is 430 g/mol. The Hall–Kier alpha value is -1.31. The van der Waals surface area contributed by atoms with Crippen LogP contribution in [-0.4, -0.2) is 36.4 Å². The van der Waals surface area contributed by atoms with Crippen LogP contribution in [0, 0.1) is 5.92 Å². The van der Waals surface area contributed by atoms with Crippen molar-refractivity contribution in [2.75, 3.05) is 19.6 Å². The maximum atomic E-state index is 11.8. The van der Waals surface area contributed by atoms with Gasteiger partial charge in [-0.25, -0.2) is 4.99 Å². The van der Waals surface area contributed by atoms with Crippen molar-refractivity contribution in [3.63, 3.8) is 0 Å². The Bertz CT molecular complexity index is 547. The van der Waals surface area contributed by atoms with E-state index in [0.29, 0.717) is 30.5 Å². The first-order chi connectivity index (χ1) is 10.6. The molecule has 128 valence electrons. The van der Waals surface area contributed by atoms with E-state index in [2.05, 4.69) is 22.1 Å². The Kier molecular flexibility index (Phi) is 8.36. The highest BCUT2D eigenvalue weighted by Crippen LogP contribution is 2.15. The van der Waals surface area contributed by atoms with Crippen LogP contribution < -0.4 is 11.1 Å². The standard InChI is InChI=1S/C17H26N4O.HI/c1-3-19-16(22)15-8-4-7-14(10-15)11-20-17(18)21-9-5-6-13(2)12-21;/h4,7-8,10,13H,3,5-6,9,11-12H2,1-2H3,(H2,18,20)(H,19,22);1H. The first-order valence-electron chi connectivity index (χ1n) is 8.02. The SMILES string of the molecule is CCNC(=O)c1cccc(CN=C(N)N2CCCC(C)C2)c1.I. The summed E-state index contributed by atoms with van der Waals surface area (Å²) in [6, 6.07) is 7.54. The summed E-state index contributed by atoms with van der Waals surface area (Å²) < 4.78 is 0. The summed E-state index contributed by atoms with van der Waals surface area (Å²) in [7, 11) is 0. The zero-order valence-electron chi connectivity index (χ0n) is 13.9. The van der Waals surface area contributed by atoms with Crippen LogP contribution in [-0.2, 0) is 6.54 Å². The van der Waals surface area contributed by atoms with Crippen molar-refractivity contribution in [2.45, 2.75) is 33.2 Å². The van der Waals surface area contributed by atoms with Gasteiger partial charge in [-0.1, -0.05) is 19.1 Å². The predicted octanol–water partition coefficient (Wildman–Crippen LogP) is 2.60. The summed E-state index contributed by atoms with van der Waals surface area (Å²) in [5, 5.41) is 2.80. The van der Waals surface area contributed by atoms with Crippen molar-refractivity contribution >= 4 is 35.8 Å². The number of benzene rings is 1. The molecule has 1 amide bonds. The lowest BCUT2D eigenvalue weighted by Crippen LogP contribution is -2.43. The van der Waals surface area contributed by atoms with Crippen LogP contribution in [0.15, 0.2) is 29.3 Å². The number of carbonyl (C=O) groups excluding carboxylic acids is 1. The van der Waals surface area contributed by atoms with Gasteiger partial charge in [0.15, 0.2) is 5.96 Å². The zero-order chi connectivity index (χ0) is 15.9. The molecule has 0 spiro atoms. The van der Waals surface area contributed by atoms with E-state index in [0.717, 1.165) is 18.7 Å². The predicted molar refractivity (Wildman–Crippen MR) is 105 cm³/mol. The number of guanidine groups is 1. The third-order valence-corrected chi connectivity index (χ3v) is 3.93. The van der Waals surface area contributed by atoms with Crippen LogP contribution in [0.2, 0.25) is 0 Å². The third kappa shape index (κ3) is 6.01. The van der Waals surface area contributed by atoms with E-state index in [1.807, 2.05) is 31.2 Å². The van der Waals surface area contributed by atoms with E-state index in [1.54, 1.807) is 0 Å². The highest BCUT2D eigenvalue weighted by Gasteiger charge is 2.17. The van der Waals surface area contributed by atoms with Crippen molar-refractivity contribution in [2.24, 2.45) is 16.6 Å². The summed E-state index contributed by atoms with van der Waals surface area (Å²) >= 11 is 0.